The van der Waals surface area contributed by atoms with E-state index in [0.717, 1.165) is 29.0 Å². The molecule has 2 aliphatic rings. The van der Waals surface area contributed by atoms with Gasteiger partial charge in [-0.25, -0.2) is 0 Å². The molecule has 0 fully saturated rings. The van der Waals surface area contributed by atoms with E-state index in [1.54, 1.807) is 19.1 Å². The second-order valence-corrected chi connectivity index (χ2v) is 6.98. The quantitative estimate of drug-likeness (QED) is 0.762. The fourth-order valence-corrected chi connectivity index (χ4v) is 3.61. The van der Waals surface area contributed by atoms with E-state index in [4.69, 9.17) is 5.73 Å². The number of ketones is 1. The number of Topliss-reactive ketones (excluding diaryl/α,β-unsaturated/α-hetero) is 1. The van der Waals surface area contributed by atoms with Crippen molar-refractivity contribution in [3.8, 4) is 0 Å². The molecule has 0 aliphatic carbocycles. The third-order valence-corrected chi connectivity index (χ3v) is 5.17. The monoisotopic (exact) mass is 357 g/mol. The molecule has 0 saturated carbocycles. The van der Waals surface area contributed by atoms with Crippen molar-refractivity contribution in [2.45, 2.75) is 45.2 Å². The highest BCUT2D eigenvalue weighted by Gasteiger charge is 2.42. The van der Waals surface area contributed by atoms with Crippen LogP contribution in [0.2, 0.25) is 0 Å². The Labute approximate surface area is 152 Å². The predicted molar refractivity (Wildman–Crippen MR) is 94.5 cm³/mol. The largest absolute Gasteiger partial charge is 0.368 e. The average molecular weight is 357 g/mol. The molecule has 0 spiro atoms. The van der Waals surface area contributed by atoms with E-state index in [2.05, 4.69) is 4.90 Å². The van der Waals surface area contributed by atoms with Crippen LogP contribution in [0.5, 0.6) is 0 Å². The number of rotatable bonds is 6. The lowest BCUT2D eigenvalue weighted by Crippen LogP contribution is -2.48. The minimum atomic E-state index is -1.10. The highest BCUT2D eigenvalue weighted by atomic mass is 16.2. The summed E-state index contributed by atoms with van der Waals surface area (Å²) in [6, 6.07) is 2.43. The second kappa shape index (κ2) is 6.99. The first-order valence-electron chi connectivity index (χ1n) is 8.86. The normalized spacial score (nSPS) is 17.8. The number of imide groups is 1. The van der Waals surface area contributed by atoms with Gasteiger partial charge >= 0.3 is 0 Å². The van der Waals surface area contributed by atoms with Gasteiger partial charge in [0.05, 0.1) is 11.1 Å². The van der Waals surface area contributed by atoms with Gasteiger partial charge in [-0.15, -0.1) is 0 Å². The fourth-order valence-electron chi connectivity index (χ4n) is 3.61. The molecule has 0 saturated heterocycles. The van der Waals surface area contributed by atoms with E-state index in [-0.39, 0.29) is 18.6 Å². The molecule has 2 heterocycles. The molecule has 26 heavy (non-hydrogen) atoms. The molecule has 7 heteroatoms. The number of likely N-dealkylation sites (N-methyl/N-ethyl adjacent to an activating group) is 1. The van der Waals surface area contributed by atoms with E-state index >= 15 is 0 Å². The van der Waals surface area contributed by atoms with Crippen molar-refractivity contribution >= 4 is 23.5 Å². The zero-order chi connectivity index (χ0) is 19.0. The first kappa shape index (κ1) is 18.3. The first-order chi connectivity index (χ1) is 12.3. The van der Waals surface area contributed by atoms with Crippen molar-refractivity contribution < 1.29 is 19.2 Å². The smallest absolute Gasteiger partial charge is 0.262 e. The van der Waals surface area contributed by atoms with Gasteiger partial charge in [0.1, 0.15) is 11.8 Å². The van der Waals surface area contributed by atoms with Crippen LogP contribution in [0.15, 0.2) is 12.1 Å². The Morgan fingerprint density at radius 1 is 1.15 bits per heavy atom. The number of benzene rings is 1. The number of hydrogen-bond acceptors (Lipinski definition) is 5. The predicted octanol–water partition coefficient (Wildman–Crippen LogP) is 0.884. The van der Waals surface area contributed by atoms with Crippen LogP contribution >= 0.6 is 0 Å². The van der Waals surface area contributed by atoms with Crippen LogP contribution in [0.4, 0.5) is 0 Å². The van der Waals surface area contributed by atoms with Crippen LogP contribution in [0.3, 0.4) is 0 Å². The molecule has 1 aromatic carbocycles. The Balaban J connectivity index is 1.92. The van der Waals surface area contributed by atoms with Gasteiger partial charge in [0.15, 0.2) is 0 Å². The summed E-state index contributed by atoms with van der Waals surface area (Å²) >= 11 is 0. The third kappa shape index (κ3) is 3.14. The maximum Gasteiger partial charge on any atom is 0.262 e. The van der Waals surface area contributed by atoms with Gasteiger partial charge in [-0.05, 0) is 43.1 Å². The minimum absolute atomic E-state index is 0.0358. The summed E-state index contributed by atoms with van der Waals surface area (Å²) in [6.45, 7) is 3.33. The van der Waals surface area contributed by atoms with E-state index in [1.165, 1.54) is 0 Å². The number of primary amides is 1. The molecule has 0 aromatic heterocycles. The van der Waals surface area contributed by atoms with Crippen molar-refractivity contribution in [1.82, 2.24) is 9.80 Å². The summed E-state index contributed by atoms with van der Waals surface area (Å²) in [4.78, 5) is 52.2. The van der Waals surface area contributed by atoms with E-state index in [1.807, 2.05) is 7.05 Å². The fraction of sp³-hybridized carbons (Fsp3) is 0.474. The third-order valence-electron chi connectivity index (χ3n) is 5.17. The zero-order valence-corrected chi connectivity index (χ0v) is 15.1. The molecular formula is C19H23N3O4. The van der Waals surface area contributed by atoms with Crippen molar-refractivity contribution in [1.29, 1.82) is 0 Å². The maximum absolute atomic E-state index is 12.8. The van der Waals surface area contributed by atoms with Crippen LogP contribution in [0, 0.1) is 0 Å². The Kier molecular flexibility index (Phi) is 4.91. The van der Waals surface area contributed by atoms with Crippen LogP contribution in [0.25, 0.3) is 0 Å². The molecule has 0 bridgehead atoms. The topological polar surface area (TPSA) is 101 Å². The second-order valence-electron chi connectivity index (χ2n) is 6.98. The van der Waals surface area contributed by atoms with Gasteiger partial charge in [-0.1, -0.05) is 6.92 Å². The number of nitrogens with zero attached hydrogens (tertiary/aromatic N) is 2. The number of nitrogens with two attached hydrogens (primary N) is 1. The lowest BCUT2D eigenvalue weighted by Gasteiger charge is -2.25. The molecule has 1 aromatic rings. The highest BCUT2D eigenvalue weighted by Crippen LogP contribution is 2.31. The standard InChI is InChI=1S/C19H23N3O4/c1-3-13(23)4-5-16(17(20)24)22-18(25)14-8-11-6-7-21(2)10-12(11)9-15(14)19(22)26/h8-9,16H,3-7,10H2,1-2H3,(H2,20,24). The molecular weight excluding hydrogens is 334 g/mol. The Morgan fingerprint density at radius 2 is 1.77 bits per heavy atom. The average Bonchev–Trinajstić information content (AvgIpc) is 2.84. The van der Waals surface area contributed by atoms with Gasteiger partial charge in [0, 0.05) is 25.9 Å². The lowest BCUT2D eigenvalue weighted by molar-refractivity contribution is -0.123. The molecule has 1 unspecified atom stereocenters. The van der Waals surface area contributed by atoms with Crippen LogP contribution in [-0.4, -0.2) is 52.9 Å². The minimum Gasteiger partial charge on any atom is -0.368 e. The molecule has 7 nitrogen and oxygen atoms in total. The molecule has 2 aliphatic heterocycles. The van der Waals surface area contributed by atoms with Crippen molar-refractivity contribution in [3.63, 3.8) is 0 Å². The summed E-state index contributed by atoms with van der Waals surface area (Å²) in [7, 11) is 2.00. The lowest BCUT2D eigenvalue weighted by atomic mass is 9.94. The molecule has 3 rings (SSSR count). The number of hydrogen-bond donors (Lipinski definition) is 1. The molecule has 3 amide bonds. The van der Waals surface area contributed by atoms with Gasteiger partial charge in [0.2, 0.25) is 5.91 Å². The summed E-state index contributed by atoms with van der Waals surface area (Å²) in [5.41, 5.74) is 8.17. The summed E-state index contributed by atoms with van der Waals surface area (Å²) in [5.74, 6) is -1.81. The number of amides is 3. The van der Waals surface area contributed by atoms with Gasteiger partial charge in [0.25, 0.3) is 11.8 Å². The Morgan fingerprint density at radius 3 is 2.35 bits per heavy atom. The van der Waals surface area contributed by atoms with E-state index in [9.17, 15) is 19.2 Å². The number of fused-ring (bicyclic) bond motifs is 2. The Hall–Kier alpha value is -2.54. The van der Waals surface area contributed by atoms with Crippen LogP contribution in [0.1, 0.15) is 58.0 Å². The molecule has 138 valence electrons. The molecule has 2 N–H and O–H groups in total. The highest BCUT2D eigenvalue weighted by molar-refractivity contribution is 6.23. The SMILES string of the molecule is CCC(=O)CCC(C(N)=O)N1C(=O)c2cc3c(cc2C1=O)CN(C)CC3. The van der Waals surface area contributed by atoms with Crippen molar-refractivity contribution in [3.05, 3.63) is 34.4 Å². The molecule has 0 radical (unpaired) electrons. The summed E-state index contributed by atoms with van der Waals surface area (Å²) < 4.78 is 0. The zero-order valence-electron chi connectivity index (χ0n) is 15.1. The van der Waals surface area contributed by atoms with Crippen LogP contribution < -0.4 is 5.73 Å². The van der Waals surface area contributed by atoms with Gasteiger partial charge < -0.3 is 10.6 Å². The summed E-state index contributed by atoms with van der Waals surface area (Å²) in [5, 5.41) is 0. The molecule has 1 atom stereocenters. The van der Waals surface area contributed by atoms with Crippen molar-refractivity contribution in [2.24, 2.45) is 5.73 Å². The maximum atomic E-state index is 12.8. The van der Waals surface area contributed by atoms with E-state index < -0.39 is 23.8 Å². The first-order valence-corrected chi connectivity index (χ1v) is 8.86. The van der Waals surface area contributed by atoms with Gasteiger partial charge in [-0.3, -0.25) is 24.1 Å². The van der Waals surface area contributed by atoms with Crippen LogP contribution in [-0.2, 0) is 22.6 Å². The van der Waals surface area contributed by atoms with E-state index in [0.29, 0.717) is 24.1 Å². The number of carbonyl (C=O) groups excluding carboxylic acids is 4. The van der Waals surface area contributed by atoms with Gasteiger partial charge in [-0.2, -0.15) is 0 Å². The number of carbonyl (C=O) groups is 4. The Bertz CT molecular complexity index is 802. The van der Waals surface area contributed by atoms with Crippen molar-refractivity contribution in [2.75, 3.05) is 13.6 Å². The summed E-state index contributed by atoms with van der Waals surface area (Å²) in [6.07, 6.45) is 1.33.